The van der Waals surface area contributed by atoms with Crippen molar-refractivity contribution in [3.05, 3.63) is 83.2 Å². The van der Waals surface area contributed by atoms with E-state index in [0.29, 0.717) is 16.9 Å². The minimum Gasteiger partial charge on any atom is -0.508 e. The van der Waals surface area contributed by atoms with Crippen molar-refractivity contribution < 1.29 is 33.5 Å². The van der Waals surface area contributed by atoms with Crippen LogP contribution in [0.1, 0.15) is 49.7 Å². The van der Waals surface area contributed by atoms with Gasteiger partial charge in [-0.25, -0.2) is 4.39 Å². The highest BCUT2D eigenvalue weighted by molar-refractivity contribution is 7.57. The molecule has 0 aliphatic heterocycles. The van der Waals surface area contributed by atoms with E-state index in [1.54, 1.807) is 37.4 Å². The Morgan fingerprint density at radius 3 is 2.39 bits per heavy atom. The van der Waals surface area contributed by atoms with Crippen molar-refractivity contribution in [1.82, 2.24) is 0 Å². The minimum atomic E-state index is -3.38. The SMILES string of the molecule is COC(c1cc(COc2cccc([C@H](O)CP(C)(=O)O)c2)ccc1-c1cc(O)ccc1F)C(C)(C)C. The molecule has 0 saturated carbocycles. The summed E-state index contributed by atoms with van der Waals surface area (Å²) in [6.45, 7) is 7.51. The number of methoxy groups -OCH3 is 1. The number of aromatic hydroxyl groups is 1. The quantitative estimate of drug-likeness (QED) is 0.283. The van der Waals surface area contributed by atoms with Crippen molar-refractivity contribution in [2.75, 3.05) is 19.9 Å². The highest BCUT2D eigenvalue weighted by atomic mass is 31.2. The molecule has 3 aromatic rings. The number of benzene rings is 3. The summed E-state index contributed by atoms with van der Waals surface area (Å²) >= 11 is 0. The third kappa shape index (κ3) is 7.17. The molecule has 3 rings (SSSR count). The summed E-state index contributed by atoms with van der Waals surface area (Å²) in [5, 5.41) is 20.3. The molecule has 0 bridgehead atoms. The van der Waals surface area contributed by atoms with Crippen LogP contribution in [0.15, 0.2) is 60.7 Å². The number of rotatable bonds is 9. The number of halogens is 1. The molecule has 0 fully saturated rings. The Bertz CT molecular complexity index is 1250. The van der Waals surface area contributed by atoms with E-state index >= 15 is 0 Å². The molecular formula is C28H34FO6P. The molecule has 194 valence electrons. The number of aliphatic hydroxyl groups excluding tert-OH is 1. The second kappa shape index (κ2) is 11.1. The summed E-state index contributed by atoms with van der Waals surface area (Å²) in [5.74, 6) is 0.0214. The highest BCUT2D eigenvalue weighted by Crippen LogP contribution is 2.42. The van der Waals surface area contributed by atoms with E-state index in [4.69, 9.17) is 9.47 Å². The van der Waals surface area contributed by atoms with Gasteiger partial charge in [0, 0.05) is 19.3 Å². The molecule has 0 aromatic heterocycles. The zero-order chi connectivity index (χ0) is 26.7. The van der Waals surface area contributed by atoms with Gasteiger partial charge in [0.15, 0.2) is 0 Å². The smallest absolute Gasteiger partial charge is 0.200 e. The fraction of sp³-hybridized carbons (Fsp3) is 0.357. The second-order valence-corrected chi connectivity index (χ2v) is 12.6. The highest BCUT2D eigenvalue weighted by Gasteiger charge is 2.29. The number of phenols is 1. The van der Waals surface area contributed by atoms with E-state index in [9.17, 15) is 24.1 Å². The lowest BCUT2D eigenvalue weighted by molar-refractivity contribution is 0.0155. The first-order valence-electron chi connectivity index (χ1n) is 11.6. The Morgan fingerprint density at radius 1 is 1.03 bits per heavy atom. The molecule has 0 aliphatic carbocycles. The van der Waals surface area contributed by atoms with Gasteiger partial charge in [-0.05, 0) is 64.1 Å². The van der Waals surface area contributed by atoms with Gasteiger partial charge in [0.25, 0.3) is 0 Å². The van der Waals surface area contributed by atoms with Crippen LogP contribution in [0.5, 0.6) is 11.5 Å². The van der Waals surface area contributed by atoms with Crippen LogP contribution in [0, 0.1) is 11.2 Å². The molecule has 0 radical (unpaired) electrons. The van der Waals surface area contributed by atoms with Crippen LogP contribution in [0.3, 0.4) is 0 Å². The topological polar surface area (TPSA) is 96.2 Å². The predicted molar refractivity (Wildman–Crippen MR) is 139 cm³/mol. The van der Waals surface area contributed by atoms with Gasteiger partial charge >= 0.3 is 0 Å². The summed E-state index contributed by atoms with van der Waals surface area (Å²) in [6, 6.07) is 16.3. The zero-order valence-electron chi connectivity index (χ0n) is 21.2. The van der Waals surface area contributed by atoms with Crippen molar-refractivity contribution in [1.29, 1.82) is 0 Å². The molecule has 0 amide bonds. The summed E-state index contributed by atoms with van der Waals surface area (Å²) in [6.07, 6.45) is -1.68. The van der Waals surface area contributed by atoms with Gasteiger partial charge in [0.1, 0.15) is 23.9 Å². The largest absolute Gasteiger partial charge is 0.508 e. The summed E-state index contributed by atoms with van der Waals surface area (Å²) in [7, 11) is -1.77. The third-order valence-electron chi connectivity index (χ3n) is 5.82. The molecule has 3 atom stereocenters. The van der Waals surface area contributed by atoms with Crippen molar-refractivity contribution >= 4 is 7.37 Å². The van der Waals surface area contributed by atoms with E-state index in [0.717, 1.165) is 11.1 Å². The monoisotopic (exact) mass is 516 g/mol. The van der Waals surface area contributed by atoms with Crippen LogP contribution in [-0.4, -0.2) is 35.0 Å². The Hall–Kier alpha value is -2.70. The third-order valence-corrected chi connectivity index (χ3v) is 6.84. The Morgan fingerprint density at radius 2 is 1.75 bits per heavy atom. The first-order valence-corrected chi connectivity index (χ1v) is 13.9. The zero-order valence-corrected chi connectivity index (χ0v) is 22.1. The molecule has 3 aromatic carbocycles. The molecule has 6 nitrogen and oxygen atoms in total. The number of aliphatic hydroxyl groups is 1. The van der Waals surface area contributed by atoms with Crippen LogP contribution >= 0.6 is 7.37 Å². The second-order valence-electron chi connectivity index (χ2n) is 10.2. The van der Waals surface area contributed by atoms with Gasteiger partial charge in [-0.2, -0.15) is 0 Å². The van der Waals surface area contributed by atoms with E-state index in [-0.39, 0.29) is 35.6 Å². The lowest BCUT2D eigenvalue weighted by Gasteiger charge is -2.32. The molecule has 0 aliphatic rings. The summed E-state index contributed by atoms with van der Waals surface area (Å²) in [4.78, 5) is 9.57. The maximum absolute atomic E-state index is 14.7. The number of ether oxygens (including phenoxy) is 2. The fourth-order valence-electron chi connectivity index (χ4n) is 4.24. The van der Waals surface area contributed by atoms with Gasteiger partial charge in [0.2, 0.25) is 7.37 Å². The lowest BCUT2D eigenvalue weighted by atomic mass is 9.81. The first kappa shape index (κ1) is 27.9. The van der Waals surface area contributed by atoms with Gasteiger partial charge < -0.3 is 24.6 Å². The van der Waals surface area contributed by atoms with Crippen LogP contribution in [-0.2, 0) is 15.9 Å². The maximum atomic E-state index is 14.7. The standard InChI is InChI=1S/C28H34FO6P/c1-28(2,3)27(34-4)24-13-18(9-11-22(24)23-15-20(30)10-12-25(23)29)16-35-21-8-6-7-19(14-21)26(31)17-36(5,32)33/h6-15,26-27,30-31H,16-17H2,1-5H3,(H,32,33)/t26-,27?/m1/s1. The van der Waals surface area contributed by atoms with Gasteiger partial charge in [-0.15, -0.1) is 0 Å². The molecule has 0 saturated heterocycles. The van der Waals surface area contributed by atoms with Crippen LogP contribution in [0.25, 0.3) is 11.1 Å². The van der Waals surface area contributed by atoms with Crippen molar-refractivity contribution in [2.45, 2.75) is 39.6 Å². The molecule has 2 unspecified atom stereocenters. The van der Waals surface area contributed by atoms with E-state index in [1.807, 2.05) is 32.9 Å². The first-order chi connectivity index (χ1) is 16.8. The van der Waals surface area contributed by atoms with Crippen LogP contribution in [0.4, 0.5) is 4.39 Å². The fourth-order valence-corrected chi connectivity index (χ4v) is 5.09. The predicted octanol–water partition coefficient (Wildman–Crippen LogP) is 6.44. The van der Waals surface area contributed by atoms with Gasteiger partial charge in [-0.3, -0.25) is 4.57 Å². The maximum Gasteiger partial charge on any atom is 0.200 e. The normalized spacial score (nSPS) is 15.2. The Labute approximate surface area is 211 Å². The average Bonchev–Trinajstić information content (AvgIpc) is 2.78. The number of hydrogen-bond acceptors (Lipinski definition) is 5. The number of hydrogen-bond donors (Lipinski definition) is 3. The Balaban J connectivity index is 1.93. The van der Waals surface area contributed by atoms with Crippen LogP contribution in [0.2, 0.25) is 0 Å². The van der Waals surface area contributed by atoms with Crippen molar-refractivity contribution in [3.8, 4) is 22.6 Å². The van der Waals surface area contributed by atoms with E-state index in [1.165, 1.54) is 24.9 Å². The van der Waals surface area contributed by atoms with E-state index < -0.39 is 19.3 Å². The number of phenolic OH excluding ortho intramolecular Hbond substituents is 1. The molecule has 36 heavy (non-hydrogen) atoms. The molecule has 8 heteroatoms. The minimum absolute atomic E-state index is 0.0304. The van der Waals surface area contributed by atoms with Crippen molar-refractivity contribution in [2.24, 2.45) is 5.41 Å². The molecule has 3 N–H and O–H groups in total. The van der Waals surface area contributed by atoms with Crippen LogP contribution < -0.4 is 4.74 Å². The van der Waals surface area contributed by atoms with Gasteiger partial charge in [-0.1, -0.05) is 45.0 Å². The molecular weight excluding hydrogens is 482 g/mol. The van der Waals surface area contributed by atoms with E-state index in [2.05, 4.69) is 0 Å². The molecule has 0 heterocycles. The Kier molecular flexibility index (Phi) is 8.63. The van der Waals surface area contributed by atoms with Crippen molar-refractivity contribution in [3.63, 3.8) is 0 Å². The lowest BCUT2D eigenvalue weighted by Crippen LogP contribution is -2.21. The summed E-state index contributed by atoms with van der Waals surface area (Å²) in [5.41, 5.74) is 2.67. The summed E-state index contributed by atoms with van der Waals surface area (Å²) < 4.78 is 38.2. The van der Waals surface area contributed by atoms with Gasteiger partial charge in [0.05, 0.1) is 18.4 Å². The molecule has 0 spiro atoms. The average molecular weight is 517 g/mol.